The van der Waals surface area contributed by atoms with Crippen molar-refractivity contribution in [2.45, 2.75) is 0 Å². The molecule has 0 unspecified atom stereocenters. The first-order valence-corrected chi connectivity index (χ1v) is 8.44. The van der Waals surface area contributed by atoms with E-state index in [2.05, 4.69) is 25.6 Å². The summed E-state index contributed by atoms with van der Waals surface area (Å²) >= 11 is 0. The van der Waals surface area contributed by atoms with Gasteiger partial charge >= 0.3 is 0 Å². The first-order valence-electron chi connectivity index (χ1n) is 8.44. The molecule has 0 spiro atoms. The highest BCUT2D eigenvalue weighted by molar-refractivity contribution is 5.79. The molecule has 5 rings (SSSR count). The van der Waals surface area contributed by atoms with E-state index in [9.17, 15) is 0 Å². The van der Waals surface area contributed by atoms with Crippen LogP contribution < -0.4 is 20.1 Å². The predicted octanol–water partition coefficient (Wildman–Crippen LogP) is 3.58. The fourth-order valence-corrected chi connectivity index (χ4v) is 2.97. The maximum Gasteiger partial charge on any atom is 0.231 e. The number of nitrogens with one attached hydrogen (secondary N) is 2. The highest BCUT2D eigenvalue weighted by Crippen LogP contribution is 2.35. The van der Waals surface area contributed by atoms with Gasteiger partial charge in [0.1, 0.15) is 5.82 Å². The number of anilines is 4. The second-order valence-corrected chi connectivity index (χ2v) is 6.07. The minimum Gasteiger partial charge on any atom is -0.454 e. The van der Waals surface area contributed by atoms with Gasteiger partial charge in [0.05, 0.1) is 11.0 Å². The third kappa shape index (κ3) is 2.86. The molecule has 8 nitrogen and oxygen atoms in total. The monoisotopic (exact) mass is 360 g/mol. The number of rotatable bonds is 4. The van der Waals surface area contributed by atoms with Gasteiger partial charge in [-0.25, -0.2) is 9.97 Å². The first-order chi connectivity index (χ1) is 13.3. The lowest BCUT2D eigenvalue weighted by atomic mass is 10.3. The Kier molecular flexibility index (Phi) is 3.53. The standard InChI is InChI=1S/C19H16N6O2/c1-25-14-5-3-2-4-13(14)22-19(25)24-18-20-9-8-17(23-18)21-12-6-7-15-16(10-12)27-11-26-15/h2-10H,11H2,1H3,(H2,20,21,22,23,24). The quantitative estimate of drug-likeness (QED) is 0.575. The van der Waals surface area contributed by atoms with Crippen molar-refractivity contribution >= 4 is 34.4 Å². The maximum absolute atomic E-state index is 5.40. The average molecular weight is 360 g/mol. The van der Waals surface area contributed by atoms with E-state index in [1.165, 1.54) is 0 Å². The van der Waals surface area contributed by atoms with Crippen LogP contribution in [0.2, 0.25) is 0 Å². The SMILES string of the molecule is Cn1c(Nc2nccc(Nc3ccc4c(c3)OCO4)n2)nc2ccccc21. The number of aromatic nitrogens is 4. The van der Waals surface area contributed by atoms with Crippen LogP contribution >= 0.6 is 0 Å². The van der Waals surface area contributed by atoms with E-state index in [0.717, 1.165) is 22.5 Å². The Morgan fingerprint density at radius 2 is 1.85 bits per heavy atom. The van der Waals surface area contributed by atoms with E-state index in [0.29, 0.717) is 23.5 Å². The van der Waals surface area contributed by atoms with Crippen molar-refractivity contribution < 1.29 is 9.47 Å². The summed E-state index contributed by atoms with van der Waals surface area (Å²) in [6.07, 6.45) is 1.69. The number of hydrogen-bond acceptors (Lipinski definition) is 7. The van der Waals surface area contributed by atoms with Crippen LogP contribution in [0.5, 0.6) is 11.5 Å². The van der Waals surface area contributed by atoms with Gasteiger partial charge in [0.2, 0.25) is 18.7 Å². The molecule has 0 bridgehead atoms. The van der Waals surface area contributed by atoms with Gasteiger partial charge in [-0.15, -0.1) is 0 Å². The molecule has 0 saturated heterocycles. The van der Waals surface area contributed by atoms with Gasteiger partial charge in [0, 0.05) is 25.0 Å². The second-order valence-electron chi connectivity index (χ2n) is 6.07. The number of ether oxygens (including phenoxy) is 2. The van der Waals surface area contributed by atoms with Crippen LogP contribution in [0.1, 0.15) is 0 Å². The van der Waals surface area contributed by atoms with Crippen LogP contribution in [0.4, 0.5) is 23.4 Å². The van der Waals surface area contributed by atoms with Crippen LogP contribution in [0.15, 0.2) is 54.7 Å². The van der Waals surface area contributed by atoms with Crippen LogP contribution in [0.25, 0.3) is 11.0 Å². The fraction of sp³-hybridized carbons (Fsp3) is 0.105. The molecule has 27 heavy (non-hydrogen) atoms. The van der Waals surface area contributed by atoms with E-state index >= 15 is 0 Å². The van der Waals surface area contributed by atoms with E-state index in [4.69, 9.17) is 9.47 Å². The zero-order valence-corrected chi connectivity index (χ0v) is 14.5. The van der Waals surface area contributed by atoms with Crippen molar-refractivity contribution in [3.63, 3.8) is 0 Å². The maximum atomic E-state index is 5.40. The Bertz CT molecular complexity index is 1140. The summed E-state index contributed by atoms with van der Waals surface area (Å²) in [7, 11) is 1.95. The molecule has 134 valence electrons. The third-order valence-corrected chi connectivity index (χ3v) is 4.31. The Hall–Kier alpha value is -3.81. The minimum absolute atomic E-state index is 0.248. The van der Waals surface area contributed by atoms with Gasteiger partial charge in [0.25, 0.3) is 0 Å². The zero-order valence-electron chi connectivity index (χ0n) is 14.5. The van der Waals surface area contributed by atoms with Crippen LogP contribution in [-0.4, -0.2) is 26.3 Å². The van der Waals surface area contributed by atoms with Gasteiger partial charge in [-0.1, -0.05) is 12.1 Å². The molecule has 1 aliphatic rings. The highest BCUT2D eigenvalue weighted by Gasteiger charge is 2.14. The first kappa shape index (κ1) is 15.4. The molecular weight excluding hydrogens is 344 g/mol. The Morgan fingerprint density at radius 3 is 2.78 bits per heavy atom. The molecule has 2 aromatic heterocycles. The predicted molar refractivity (Wildman–Crippen MR) is 102 cm³/mol. The summed E-state index contributed by atoms with van der Waals surface area (Å²) in [5.74, 6) is 3.25. The summed E-state index contributed by atoms with van der Waals surface area (Å²) in [4.78, 5) is 13.4. The van der Waals surface area contributed by atoms with Gasteiger partial charge in [-0.05, 0) is 30.3 Å². The van der Waals surface area contributed by atoms with E-state index in [1.54, 1.807) is 12.3 Å². The largest absolute Gasteiger partial charge is 0.454 e. The Labute approximate surface area is 154 Å². The molecule has 4 aromatic rings. The van der Waals surface area contributed by atoms with Crippen molar-refractivity contribution in [3.05, 3.63) is 54.7 Å². The lowest BCUT2D eigenvalue weighted by Gasteiger charge is -2.09. The van der Waals surface area contributed by atoms with Crippen molar-refractivity contribution in [1.82, 2.24) is 19.5 Å². The van der Waals surface area contributed by atoms with Gasteiger partial charge in [0.15, 0.2) is 11.5 Å². The molecule has 0 aliphatic carbocycles. The number of imidazole rings is 1. The molecule has 0 radical (unpaired) electrons. The van der Waals surface area contributed by atoms with Crippen LogP contribution in [0.3, 0.4) is 0 Å². The molecular formula is C19H16N6O2. The van der Waals surface area contributed by atoms with Crippen molar-refractivity contribution in [2.75, 3.05) is 17.4 Å². The number of fused-ring (bicyclic) bond motifs is 2. The normalized spacial score (nSPS) is 12.3. The number of nitrogens with zero attached hydrogens (tertiary/aromatic N) is 4. The van der Waals surface area contributed by atoms with Gasteiger partial charge < -0.3 is 19.4 Å². The third-order valence-electron chi connectivity index (χ3n) is 4.31. The summed E-state index contributed by atoms with van der Waals surface area (Å²) in [6, 6.07) is 15.4. The molecule has 2 aromatic carbocycles. The van der Waals surface area contributed by atoms with E-state index in [-0.39, 0.29) is 6.79 Å². The summed E-state index contributed by atoms with van der Waals surface area (Å²) in [5, 5.41) is 6.42. The molecule has 0 atom stereocenters. The number of aryl methyl sites for hydroxylation is 1. The Morgan fingerprint density at radius 1 is 0.963 bits per heavy atom. The van der Waals surface area contributed by atoms with Crippen molar-refractivity contribution in [1.29, 1.82) is 0 Å². The lowest BCUT2D eigenvalue weighted by Crippen LogP contribution is -2.04. The zero-order chi connectivity index (χ0) is 18.2. The van der Waals surface area contributed by atoms with Gasteiger partial charge in [-0.2, -0.15) is 4.98 Å². The molecule has 3 heterocycles. The lowest BCUT2D eigenvalue weighted by molar-refractivity contribution is 0.174. The van der Waals surface area contributed by atoms with Crippen LogP contribution in [0, 0.1) is 0 Å². The van der Waals surface area contributed by atoms with Crippen molar-refractivity contribution in [3.8, 4) is 11.5 Å². The van der Waals surface area contributed by atoms with Crippen molar-refractivity contribution in [2.24, 2.45) is 7.05 Å². The van der Waals surface area contributed by atoms with Gasteiger partial charge in [-0.3, -0.25) is 5.32 Å². The highest BCUT2D eigenvalue weighted by atomic mass is 16.7. The molecule has 2 N–H and O–H groups in total. The number of hydrogen-bond donors (Lipinski definition) is 2. The molecule has 1 aliphatic heterocycles. The fourth-order valence-electron chi connectivity index (χ4n) is 2.97. The number of benzene rings is 2. The second kappa shape index (κ2) is 6.17. The number of para-hydroxylation sites is 2. The molecule has 0 fully saturated rings. The summed E-state index contributed by atoms with van der Waals surface area (Å²) < 4.78 is 12.7. The van der Waals surface area contributed by atoms with E-state index in [1.807, 2.05) is 54.1 Å². The summed E-state index contributed by atoms with van der Waals surface area (Å²) in [5.41, 5.74) is 2.80. The summed E-state index contributed by atoms with van der Waals surface area (Å²) in [6.45, 7) is 0.248. The van der Waals surface area contributed by atoms with Crippen LogP contribution in [-0.2, 0) is 7.05 Å². The molecule has 8 heteroatoms. The smallest absolute Gasteiger partial charge is 0.231 e. The Balaban J connectivity index is 1.39. The molecule has 0 amide bonds. The van der Waals surface area contributed by atoms with E-state index < -0.39 is 0 Å². The minimum atomic E-state index is 0.248. The molecule has 0 saturated carbocycles. The average Bonchev–Trinajstić information content (AvgIpc) is 3.27. The topological polar surface area (TPSA) is 86.1 Å².